The second kappa shape index (κ2) is 11.7. The maximum absolute atomic E-state index is 12.7. The van der Waals surface area contributed by atoms with Crippen LogP contribution in [0.4, 0.5) is 5.69 Å². The lowest BCUT2D eigenvalue weighted by Gasteiger charge is -2.12. The van der Waals surface area contributed by atoms with Gasteiger partial charge in [-0.2, -0.15) is 0 Å². The SMILES string of the molecule is Cn1cnc2c1c(=O)n(CCCCCCCCCC(O)CNc1ccccc1)c(=O)n2C. The number of rotatable bonds is 13. The zero-order chi connectivity index (χ0) is 22.9. The molecule has 3 rings (SSSR count). The molecule has 0 amide bonds. The number of aliphatic hydroxyl groups is 1. The van der Waals surface area contributed by atoms with Crippen molar-refractivity contribution in [2.75, 3.05) is 11.9 Å². The molecule has 174 valence electrons. The van der Waals surface area contributed by atoms with Gasteiger partial charge in [0.05, 0.1) is 12.4 Å². The number of nitrogens with one attached hydrogen (secondary N) is 1. The van der Waals surface area contributed by atoms with Crippen LogP contribution >= 0.6 is 0 Å². The van der Waals surface area contributed by atoms with Crippen molar-refractivity contribution in [3.05, 3.63) is 57.5 Å². The van der Waals surface area contributed by atoms with Crippen LogP contribution in [0.3, 0.4) is 0 Å². The van der Waals surface area contributed by atoms with E-state index in [1.54, 1.807) is 25.0 Å². The van der Waals surface area contributed by atoms with Crippen LogP contribution in [0.25, 0.3) is 11.2 Å². The minimum atomic E-state index is -0.326. The summed E-state index contributed by atoms with van der Waals surface area (Å²) in [4.78, 5) is 29.3. The number of anilines is 1. The maximum Gasteiger partial charge on any atom is 0.332 e. The molecule has 0 aliphatic carbocycles. The number of imidazole rings is 1. The molecule has 32 heavy (non-hydrogen) atoms. The van der Waals surface area contributed by atoms with Crippen molar-refractivity contribution in [3.8, 4) is 0 Å². The van der Waals surface area contributed by atoms with E-state index in [-0.39, 0.29) is 17.4 Å². The molecule has 1 aromatic carbocycles. The van der Waals surface area contributed by atoms with Crippen LogP contribution in [-0.4, -0.2) is 36.4 Å². The Balaban J connectivity index is 1.29. The summed E-state index contributed by atoms with van der Waals surface area (Å²) in [6, 6.07) is 9.93. The third-order valence-electron chi connectivity index (χ3n) is 5.94. The number of hydrogen-bond acceptors (Lipinski definition) is 5. The van der Waals surface area contributed by atoms with Crippen molar-refractivity contribution in [3.63, 3.8) is 0 Å². The van der Waals surface area contributed by atoms with E-state index in [2.05, 4.69) is 10.3 Å². The molecule has 3 aromatic rings. The van der Waals surface area contributed by atoms with E-state index in [0.29, 0.717) is 24.3 Å². The number of nitrogens with zero attached hydrogens (tertiary/aromatic N) is 4. The molecule has 0 aliphatic heterocycles. The number of aromatic nitrogens is 4. The first-order valence-electron chi connectivity index (χ1n) is 11.6. The van der Waals surface area contributed by atoms with Crippen molar-refractivity contribution >= 4 is 16.9 Å². The van der Waals surface area contributed by atoms with Crippen LogP contribution in [0, 0.1) is 0 Å². The quantitative estimate of drug-likeness (QED) is 0.398. The molecule has 0 fully saturated rings. The summed E-state index contributed by atoms with van der Waals surface area (Å²) in [6.45, 7) is 1.01. The summed E-state index contributed by atoms with van der Waals surface area (Å²) in [5.41, 5.74) is 1.37. The number of aliphatic hydroxyl groups excluding tert-OH is 1. The van der Waals surface area contributed by atoms with Gasteiger partial charge in [0.15, 0.2) is 11.2 Å². The minimum absolute atomic E-state index is 0.261. The molecular weight excluding hydrogens is 406 g/mol. The van der Waals surface area contributed by atoms with Gasteiger partial charge in [-0.15, -0.1) is 0 Å². The number of aryl methyl sites for hydroxylation is 2. The highest BCUT2D eigenvalue weighted by Gasteiger charge is 2.14. The highest BCUT2D eigenvalue weighted by atomic mass is 16.3. The Hall–Kier alpha value is -2.87. The first-order chi connectivity index (χ1) is 15.5. The fourth-order valence-electron chi connectivity index (χ4n) is 4.02. The van der Waals surface area contributed by atoms with Crippen molar-refractivity contribution in [2.24, 2.45) is 14.1 Å². The van der Waals surface area contributed by atoms with Crippen molar-refractivity contribution < 1.29 is 5.11 Å². The molecule has 2 heterocycles. The number of hydrogen-bond donors (Lipinski definition) is 2. The van der Waals surface area contributed by atoms with Crippen molar-refractivity contribution in [1.82, 2.24) is 18.7 Å². The second-order valence-corrected chi connectivity index (χ2v) is 8.49. The molecule has 0 spiro atoms. The standard InChI is InChI=1S/C24H35N5O3/c1-27-18-26-22-21(27)23(31)29(24(32)28(22)2)16-12-7-5-3-4-6-11-15-20(30)17-25-19-13-9-8-10-14-19/h8-10,13-14,18,20,25,30H,3-7,11-12,15-17H2,1-2H3. The average molecular weight is 442 g/mol. The maximum atomic E-state index is 12.7. The summed E-state index contributed by atoms with van der Waals surface area (Å²) in [5.74, 6) is 0. The number of unbranched alkanes of at least 4 members (excludes halogenated alkanes) is 6. The summed E-state index contributed by atoms with van der Waals surface area (Å²) < 4.78 is 4.44. The topological polar surface area (TPSA) is 94.1 Å². The van der Waals surface area contributed by atoms with Gasteiger partial charge in [0.25, 0.3) is 5.56 Å². The molecule has 0 aliphatic rings. The molecule has 8 nitrogen and oxygen atoms in total. The van der Waals surface area contributed by atoms with Crippen LogP contribution in [0.1, 0.15) is 51.4 Å². The van der Waals surface area contributed by atoms with Gasteiger partial charge in [-0.05, 0) is 25.0 Å². The second-order valence-electron chi connectivity index (χ2n) is 8.49. The highest BCUT2D eigenvalue weighted by Crippen LogP contribution is 2.12. The van der Waals surface area contributed by atoms with Gasteiger partial charge in [-0.1, -0.05) is 56.7 Å². The summed E-state index contributed by atoms with van der Waals surface area (Å²) in [6.07, 6.45) is 9.33. The lowest BCUT2D eigenvalue weighted by Crippen LogP contribution is -2.39. The summed E-state index contributed by atoms with van der Waals surface area (Å²) >= 11 is 0. The molecule has 2 aromatic heterocycles. The summed E-state index contributed by atoms with van der Waals surface area (Å²) in [5, 5.41) is 13.4. The lowest BCUT2D eigenvalue weighted by molar-refractivity contribution is 0.173. The molecule has 0 bridgehead atoms. The molecule has 0 saturated carbocycles. The van der Waals surface area contributed by atoms with Gasteiger partial charge in [0.2, 0.25) is 0 Å². The Labute approximate surface area is 188 Å². The first kappa shape index (κ1) is 23.8. The van der Waals surface area contributed by atoms with Crippen LogP contribution < -0.4 is 16.6 Å². The zero-order valence-corrected chi connectivity index (χ0v) is 19.2. The third kappa shape index (κ3) is 6.09. The molecule has 1 unspecified atom stereocenters. The van der Waals surface area contributed by atoms with E-state index in [1.807, 2.05) is 30.3 Å². The van der Waals surface area contributed by atoms with Crippen molar-refractivity contribution in [2.45, 2.75) is 64.0 Å². The monoisotopic (exact) mass is 441 g/mol. The van der Waals surface area contributed by atoms with E-state index in [4.69, 9.17) is 0 Å². The van der Waals surface area contributed by atoms with Crippen LogP contribution in [0.5, 0.6) is 0 Å². The predicted octanol–water partition coefficient (Wildman–Crippen LogP) is 3.03. The van der Waals surface area contributed by atoms with E-state index >= 15 is 0 Å². The van der Waals surface area contributed by atoms with Crippen molar-refractivity contribution in [1.29, 1.82) is 0 Å². The van der Waals surface area contributed by atoms with Gasteiger partial charge < -0.3 is 15.0 Å². The molecule has 0 saturated heterocycles. The van der Waals surface area contributed by atoms with E-state index < -0.39 is 0 Å². The largest absolute Gasteiger partial charge is 0.391 e. The zero-order valence-electron chi connectivity index (χ0n) is 19.2. The fourth-order valence-corrected chi connectivity index (χ4v) is 4.02. The Kier molecular flexibility index (Phi) is 8.67. The van der Waals surface area contributed by atoms with Gasteiger partial charge in [-0.3, -0.25) is 13.9 Å². The van der Waals surface area contributed by atoms with E-state index in [1.165, 1.54) is 9.13 Å². The van der Waals surface area contributed by atoms with Gasteiger partial charge >= 0.3 is 5.69 Å². The molecule has 1 atom stereocenters. The number of fused-ring (bicyclic) bond motifs is 1. The molecular formula is C24H35N5O3. The Morgan fingerprint density at radius 1 is 0.969 bits per heavy atom. The van der Waals surface area contributed by atoms with Crippen LogP contribution in [0.2, 0.25) is 0 Å². The Bertz CT molecular complexity index is 1100. The normalized spacial score (nSPS) is 12.3. The smallest absolute Gasteiger partial charge is 0.332 e. The van der Waals surface area contributed by atoms with Crippen LogP contribution in [-0.2, 0) is 20.6 Å². The fraction of sp³-hybridized carbons (Fsp3) is 0.542. The minimum Gasteiger partial charge on any atom is -0.391 e. The Morgan fingerprint density at radius 2 is 1.62 bits per heavy atom. The summed E-state index contributed by atoms with van der Waals surface area (Å²) in [7, 11) is 3.42. The first-order valence-corrected chi connectivity index (χ1v) is 11.6. The molecule has 2 N–H and O–H groups in total. The predicted molar refractivity (Wildman–Crippen MR) is 128 cm³/mol. The molecule has 8 heteroatoms. The Morgan fingerprint density at radius 3 is 2.34 bits per heavy atom. The number of para-hydroxylation sites is 1. The molecule has 0 radical (unpaired) electrons. The number of benzene rings is 1. The average Bonchev–Trinajstić information content (AvgIpc) is 3.19. The third-order valence-corrected chi connectivity index (χ3v) is 5.94. The highest BCUT2D eigenvalue weighted by molar-refractivity contribution is 5.69. The lowest BCUT2D eigenvalue weighted by atomic mass is 10.1. The van der Waals surface area contributed by atoms with E-state index in [0.717, 1.165) is 57.1 Å². The van der Waals surface area contributed by atoms with Gasteiger partial charge in [0, 0.05) is 32.9 Å². The van der Waals surface area contributed by atoms with E-state index in [9.17, 15) is 14.7 Å². The van der Waals surface area contributed by atoms with Gasteiger partial charge in [-0.25, -0.2) is 9.78 Å². The van der Waals surface area contributed by atoms with Crippen LogP contribution in [0.15, 0.2) is 46.2 Å². The van der Waals surface area contributed by atoms with Gasteiger partial charge in [0.1, 0.15) is 0 Å².